The average molecular weight is 373 g/mol. The number of carbonyl (C=O) groups excluding carboxylic acids is 3. The van der Waals surface area contributed by atoms with Crippen LogP contribution in [0.3, 0.4) is 0 Å². The Balaban J connectivity index is 2.11. The zero-order valence-electron chi connectivity index (χ0n) is 15.1. The summed E-state index contributed by atoms with van der Waals surface area (Å²) in [5.74, 6) is 0.227. The van der Waals surface area contributed by atoms with Crippen LogP contribution in [0.1, 0.15) is 42.6 Å². The number of hydrogen-bond donors (Lipinski definition) is 2. The minimum Gasteiger partial charge on any atom is -0.534 e. The number of esters is 2. The predicted molar refractivity (Wildman–Crippen MR) is 95.4 cm³/mol. The van der Waals surface area contributed by atoms with E-state index in [2.05, 4.69) is 11.2 Å². The minimum absolute atomic E-state index is 0.0858. The topological polar surface area (TPSA) is 111 Å². The van der Waals surface area contributed by atoms with Gasteiger partial charge < -0.3 is 24.5 Å². The maximum Gasteiger partial charge on any atom is 0.547 e. The van der Waals surface area contributed by atoms with Crippen molar-refractivity contribution >= 4 is 25.0 Å². The fraction of sp³-hybridized carbons (Fsp3) is 0.389. The smallest absolute Gasteiger partial charge is 0.534 e. The molecule has 2 atom stereocenters. The van der Waals surface area contributed by atoms with Gasteiger partial charge in [0.05, 0.1) is 5.94 Å². The molecule has 0 fully saturated rings. The van der Waals surface area contributed by atoms with E-state index in [9.17, 15) is 19.4 Å². The summed E-state index contributed by atoms with van der Waals surface area (Å²) in [4.78, 5) is 35.1. The first-order valence-electron chi connectivity index (χ1n) is 8.39. The summed E-state index contributed by atoms with van der Waals surface area (Å²) in [5.41, 5.74) is 0.708. The Hall–Kier alpha value is -2.99. The van der Waals surface area contributed by atoms with Crippen molar-refractivity contribution in [2.75, 3.05) is 0 Å². The van der Waals surface area contributed by atoms with Crippen molar-refractivity contribution in [1.29, 1.82) is 0 Å². The Bertz CT molecular complexity index is 773. The molecule has 0 saturated heterocycles. The summed E-state index contributed by atoms with van der Waals surface area (Å²) < 4.78 is 15.3. The van der Waals surface area contributed by atoms with Crippen molar-refractivity contribution in [3.05, 3.63) is 29.3 Å². The molecule has 2 rings (SSSR count). The number of terminal acetylenes is 1. The van der Waals surface area contributed by atoms with Crippen LogP contribution >= 0.6 is 0 Å². The second kappa shape index (κ2) is 9.10. The van der Waals surface area contributed by atoms with E-state index in [4.69, 9.17) is 20.6 Å². The maximum absolute atomic E-state index is 12.3. The van der Waals surface area contributed by atoms with Gasteiger partial charge in [-0.3, -0.25) is 9.59 Å². The molecule has 27 heavy (non-hydrogen) atoms. The first-order valence-corrected chi connectivity index (χ1v) is 8.39. The summed E-state index contributed by atoms with van der Waals surface area (Å²) in [6.45, 7) is 2.61. The summed E-state index contributed by atoms with van der Waals surface area (Å²) in [6, 6.07) is 4.82. The van der Waals surface area contributed by atoms with E-state index in [-0.39, 0.29) is 30.1 Å². The van der Waals surface area contributed by atoms with Gasteiger partial charge in [0.2, 0.25) is 12.2 Å². The number of carbonyl (C=O) groups is 3. The zero-order valence-corrected chi connectivity index (χ0v) is 15.1. The first-order chi connectivity index (χ1) is 12.8. The normalized spacial score (nSPS) is 16.2. The fourth-order valence-corrected chi connectivity index (χ4v) is 2.65. The van der Waals surface area contributed by atoms with Crippen LogP contribution in [0, 0.1) is 12.3 Å². The van der Waals surface area contributed by atoms with Crippen LogP contribution in [-0.4, -0.2) is 42.2 Å². The SMILES string of the molecule is C#CCCC(=O)N[C@H]1Cc2cccc(C(=O)OC(C)OC(C)=O)c2OB1O. The number of nitrogens with one attached hydrogen (secondary N) is 1. The molecule has 0 spiro atoms. The van der Waals surface area contributed by atoms with Crippen molar-refractivity contribution in [3.8, 4) is 18.1 Å². The van der Waals surface area contributed by atoms with Crippen molar-refractivity contribution < 1.29 is 33.5 Å². The highest BCUT2D eigenvalue weighted by atomic mass is 16.7. The number of fused-ring (bicyclic) bond motifs is 1. The Morgan fingerprint density at radius 2 is 2.19 bits per heavy atom. The van der Waals surface area contributed by atoms with Gasteiger partial charge in [-0.15, -0.1) is 12.3 Å². The van der Waals surface area contributed by atoms with Crippen molar-refractivity contribution in [2.24, 2.45) is 0 Å². The average Bonchev–Trinajstić information content (AvgIpc) is 2.59. The first kappa shape index (κ1) is 20.3. The zero-order chi connectivity index (χ0) is 20.0. The number of ether oxygens (including phenoxy) is 2. The third-order valence-electron chi connectivity index (χ3n) is 3.79. The second-order valence-electron chi connectivity index (χ2n) is 5.97. The Labute approximate surface area is 157 Å². The molecule has 9 heteroatoms. The summed E-state index contributed by atoms with van der Waals surface area (Å²) in [7, 11) is -1.34. The third-order valence-corrected chi connectivity index (χ3v) is 3.79. The number of rotatable bonds is 6. The molecular weight excluding hydrogens is 353 g/mol. The van der Waals surface area contributed by atoms with Gasteiger partial charge in [-0.05, 0) is 18.1 Å². The van der Waals surface area contributed by atoms with Crippen molar-refractivity contribution in [1.82, 2.24) is 5.32 Å². The number of para-hydroxylation sites is 1. The second-order valence-corrected chi connectivity index (χ2v) is 5.97. The Morgan fingerprint density at radius 3 is 2.85 bits per heavy atom. The molecule has 0 aliphatic carbocycles. The fourth-order valence-electron chi connectivity index (χ4n) is 2.65. The molecular formula is C18H20BNO7. The van der Waals surface area contributed by atoms with E-state index in [1.165, 1.54) is 19.9 Å². The van der Waals surface area contributed by atoms with Gasteiger partial charge in [-0.25, -0.2) is 4.79 Å². The standard InChI is InChI=1S/C18H20BNO7/c1-4-5-9-16(22)20-15-10-13-7-6-8-14(17(13)27-19(15)24)18(23)26-12(3)25-11(2)21/h1,6-8,12,15,24H,5,9-10H2,2-3H3,(H,20,22)/t12?,15-/m0/s1. The van der Waals surface area contributed by atoms with E-state index in [0.717, 1.165) is 0 Å². The summed E-state index contributed by atoms with van der Waals surface area (Å²) >= 11 is 0. The monoisotopic (exact) mass is 373 g/mol. The van der Waals surface area contributed by atoms with Gasteiger partial charge in [0.25, 0.3) is 0 Å². The highest BCUT2D eigenvalue weighted by Gasteiger charge is 2.38. The summed E-state index contributed by atoms with van der Waals surface area (Å²) in [6.07, 6.45) is 4.77. The van der Waals surface area contributed by atoms with Crippen LogP contribution in [0.4, 0.5) is 0 Å². The molecule has 1 aliphatic heterocycles. The Kier molecular flexibility index (Phi) is 6.85. The van der Waals surface area contributed by atoms with E-state index >= 15 is 0 Å². The molecule has 0 radical (unpaired) electrons. The molecule has 1 aromatic rings. The van der Waals surface area contributed by atoms with E-state index in [0.29, 0.717) is 12.0 Å². The molecule has 1 aromatic carbocycles. The van der Waals surface area contributed by atoms with Crippen LogP contribution in [-0.2, 0) is 25.5 Å². The molecule has 0 bridgehead atoms. The molecule has 1 aliphatic rings. The number of amides is 1. The lowest BCUT2D eigenvalue weighted by molar-refractivity contribution is -0.162. The molecule has 1 amide bonds. The molecule has 142 valence electrons. The molecule has 2 N–H and O–H groups in total. The van der Waals surface area contributed by atoms with Gasteiger partial charge in [-0.1, -0.05) is 12.1 Å². The van der Waals surface area contributed by atoms with E-state index < -0.39 is 31.3 Å². The molecule has 1 heterocycles. The Morgan fingerprint density at radius 1 is 1.44 bits per heavy atom. The number of hydrogen-bond acceptors (Lipinski definition) is 7. The van der Waals surface area contributed by atoms with Gasteiger partial charge in [0.1, 0.15) is 11.3 Å². The summed E-state index contributed by atoms with van der Waals surface area (Å²) in [5, 5.41) is 12.9. The van der Waals surface area contributed by atoms with Crippen molar-refractivity contribution in [2.45, 2.75) is 45.3 Å². The van der Waals surface area contributed by atoms with Crippen molar-refractivity contribution in [3.63, 3.8) is 0 Å². The van der Waals surface area contributed by atoms with E-state index in [1.54, 1.807) is 12.1 Å². The van der Waals surface area contributed by atoms with Crippen LogP contribution in [0.15, 0.2) is 18.2 Å². The highest BCUT2D eigenvalue weighted by Crippen LogP contribution is 2.31. The van der Waals surface area contributed by atoms with E-state index in [1.807, 2.05) is 0 Å². The maximum atomic E-state index is 12.3. The quantitative estimate of drug-likeness (QED) is 0.325. The lowest BCUT2D eigenvalue weighted by Crippen LogP contribution is -2.53. The molecule has 0 saturated carbocycles. The minimum atomic E-state index is -1.34. The van der Waals surface area contributed by atoms with Crippen LogP contribution in [0.25, 0.3) is 0 Å². The molecule has 0 aromatic heterocycles. The van der Waals surface area contributed by atoms with Gasteiger partial charge >= 0.3 is 19.1 Å². The van der Waals surface area contributed by atoms with Crippen LogP contribution < -0.4 is 9.97 Å². The lowest BCUT2D eigenvalue weighted by Gasteiger charge is -2.29. The van der Waals surface area contributed by atoms with Gasteiger partial charge in [0, 0.05) is 26.7 Å². The van der Waals surface area contributed by atoms with Crippen LogP contribution in [0.5, 0.6) is 5.75 Å². The van der Waals surface area contributed by atoms with Gasteiger partial charge in [0.15, 0.2) is 0 Å². The predicted octanol–water partition coefficient (Wildman–Crippen LogP) is 0.605. The lowest BCUT2D eigenvalue weighted by atomic mass is 9.72. The third kappa shape index (κ3) is 5.49. The van der Waals surface area contributed by atoms with Gasteiger partial charge in [-0.2, -0.15) is 0 Å². The largest absolute Gasteiger partial charge is 0.547 e. The molecule has 1 unspecified atom stereocenters. The molecule has 8 nitrogen and oxygen atoms in total. The number of benzene rings is 1. The van der Waals surface area contributed by atoms with Crippen LogP contribution in [0.2, 0.25) is 0 Å². The highest BCUT2D eigenvalue weighted by molar-refractivity contribution is 6.47.